The molecule has 10 N–H and O–H groups in total. The third-order valence-electron chi connectivity index (χ3n) is 14.9. The number of urea groups is 1. The molecule has 1 atom stereocenters. The highest BCUT2D eigenvalue weighted by Crippen LogP contribution is 2.38. The lowest BCUT2D eigenvalue weighted by Gasteiger charge is -2.35. The van der Waals surface area contributed by atoms with Gasteiger partial charge in [-0.25, -0.2) is 4.79 Å². The summed E-state index contributed by atoms with van der Waals surface area (Å²) in [4.78, 5) is 106. The number of piperidine rings is 1. The van der Waals surface area contributed by atoms with Crippen LogP contribution in [0.5, 0.6) is 11.5 Å². The minimum Gasteiger partial charge on any atom is -0.508 e. The maximum atomic E-state index is 13.7. The van der Waals surface area contributed by atoms with Gasteiger partial charge in [-0.1, -0.05) is 26.0 Å². The molecule has 0 radical (unpaired) electrons. The van der Waals surface area contributed by atoms with Crippen LogP contribution in [0.15, 0.2) is 36.4 Å². The average Bonchev–Trinajstić information content (AvgIpc) is 1.74. The second-order valence-corrected chi connectivity index (χ2v) is 21.8. The molecule has 5 amide bonds. The SMILES string of the molecule is CC(=O)N1CCC(Cc2ccc(-n3c(C(=O)NCCNC(=O)NCCOCCOCCOCCOCCNC(=O)CCC(C(=O)O)N4CCN(CC(=O)O)CCN(CC(=O)O)CCN(CC(=O)O)CC4)nnc3-c3cc(C(C)C)c(O)cc3O)cc2)CC1. The number of carbonyl (C=O) groups is 8. The van der Waals surface area contributed by atoms with E-state index in [4.69, 9.17) is 18.9 Å². The Hall–Kier alpha value is -7.58. The van der Waals surface area contributed by atoms with Crippen molar-refractivity contribution >= 4 is 47.6 Å². The Balaban J connectivity index is 0.918. The van der Waals surface area contributed by atoms with Crippen LogP contribution in [0, 0.1) is 5.92 Å². The first-order valence-electron chi connectivity index (χ1n) is 29.7. The third-order valence-corrected chi connectivity index (χ3v) is 14.9. The molecule has 1 aromatic heterocycles. The van der Waals surface area contributed by atoms with Gasteiger partial charge in [0.1, 0.15) is 17.5 Å². The second-order valence-electron chi connectivity index (χ2n) is 21.8. The highest BCUT2D eigenvalue weighted by molar-refractivity contribution is 5.92. The molecular formula is C58H88N12O18. The van der Waals surface area contributed by atoms with Crippen LogP contribution in [0.25, 0.3) is 17.1 Å². The Morgan fingerprint density at radius 3 is 1.58 bits per heavy atom. The van der Waals surface area contributed by atoms with E-state index in [1.54, 1.807) is 37.2 Å². The molecule has 488 valence electrons. The van der Waals surface area contributed by atoms with E-state index in [0.717, 1.165) is 37.9 Å². The number of aliphatic carboxylic acids is 4. The van der Waals surface area contributed by atoms with Crippen LogP contribution < -0.4 is 21.3 Å². The Kier molecular flexibility index (Phi) is 30.7. The van der Waals surface area contributed by atoms with Crippen molar-refractivity contribution in [2.45, 2.75) is 64.8 Å². The summed E-state index contributed by atoms with van der Waals surface area (Å²) in [7, 11) is 0. The lowest BCUT2D eigenvalue weighted by Crippen LogP contribution is -2.52. The number of amides is 5. The summed E-state index contributed by atoms with van der Waals surface area (Å²) >= 11 is 0. The van der Waals surface area contributed by atoms with E-state index in [2.05, 4.69) is 31.5 Å². The van der Waals surface area contributed by atoms with E-state index in [0.29, 0.717) is 23.8 Å². The van der Waals surface area contributed by atoms with E-state index in [9.17, 15) is 69.0 Å². The lowest BCUT2D eigenvalue weighted by atomic mass is 9.90. The number of rotatable bonds is 35. The van der Waals surface area contributed by atoms with Gasteiger partial charge in [-0.3, -0.25) is 57.7 Å². The molecule has 0 spiro atoms. The number of ether oxygens (including phenoxy) is 4. The number of hydrogen-bond donors (Lipinski definition) is 10. The number of phenols is 2. The number of carbonyl (C=O) groups excluding carboxylic acids is 4. The van der Waals surface area contributed by atoms with Crippen molar-refractivity contribution in [1.29, 1.82) is 0 Å². The minimum absolute atomic E-state index is 0.0519. The first kappa shape index (κ1) is 71.2. The molecule has 2 aliphatic heterocycles. The molecule has 88 heavy (non-hydrogen) atoms. The Morgan fingerprint density at radius 2 is 1.08 bits per heavy atom. The van der Waals surface area contributed by atoms with Gasteiger partial charge in [-0.15, -0.1) is 10.2 Å². The first-order valence-corrected chi connectivity index (χ1v) is 29.7. The summed E-state index contributed by atoms with van der Waals surface area (Å²) in [6.45, 7) is 9.55. The standard InChI is InChI=1S/C58H88N12O18/c1-40(2)45-35-46(49(73)36-48(45)72)54-63-64-55(70(54)44-6-4-42(5-7-44)34-43-10-16-68(17-11-43)41(3)71)56(81)60-12-13-61-58(84)62-15-27-86-29-31-88-33-32-87-30-28-85-26-14-59-50(74)9-8-47(57(82)83)69-24-22-66(38-52(77)78)20-18-65(37-51(75)76)19-21-67(23-25-69)39-53(79)80/h4-7,35-36,40,43,47,72-73H,8-34,37-39H2,1-3H3,(H,59,74)(H,60,81)(H,75,76)(H,77,78)(H,79,80)(H,82,83)(H2,61,62,84). The second kappa shape index (κ2) is 38.0. The van der Waals surface area contributed by atoms with E-state index < -0.39 is 47.8 Å². The van der Waals surface area contributed by atoms with Crippen LogP contribution in [-0.2, 0) is 54.1 Å². The summed E-state index contributed by atoms with van der Waals surface area (Å²) in [6, 6.07) is 8.94. The zero-order chi connectivity index (χ0) is 64.0. The van der Waals surface area contributed by atoms with Gasteiger partial charge in [0.15, 0.2) is 5.82 Å². The van der Waals surface area contributed by atoms with Crippen molar-refractivity contribution in [2.75, 3.05) is 164 Å². The Labute approximate surface area is 511 Å². The first-order chi connectivity index (χ1) is 42.2. The molecule has 2 aromatic carbocycles. The molecule has 1 unspecified atom stereocenters. The summed E-state index contributed by atoms with van der Waals surface area (Å²) < 4.78 is 23.7. The van der Waals surface area contributed by atoms with E-state index in [-0.39, 0.29) is 198 Å². The molecule has 2 aliphatic rings. The Morgan fingerprint density at radius 1 is 0.591 bits per heavy atom. The lowest BCUT2D eigenvalue weighted by molar-refractivity contribution is -0.145. The smallest absolute Gasteiger partial charge is 0.320 e. The quantitative estimate of drug-likeness (QED) is 0.0351. The van der Waals surface area contributed by atoms with Crippen molar-refractivity contribution in [3.05, 3.63) is 53.3 Å². The van der Waals surface area contributed by atoms with Gasteiger partial charge < -0.3 is 75.8 Å². The van der Waals surface area contributed by atoms with Crippen LogP contribution in [-0.4, -0.2) is 288 Å². The number of hydrogen-bond acceptors (Lipinski definition) is 20. The molecule has 0 aliphatic carbocycles. The fourth-order valence-corrected chi connectivity index (χ4v) is 10.1. The zero-order valence-electron chi connectivity index (χ0n) is 50.6. The fourth-order valence-electron chi connectivity index (χ4n) is 10.1. The number of nitrogens with one attached hydrogen (secondary N) is 4. The summed E-state index contributed by atoms with van der Waals surface area (Å²) in [5, 5.41) is 79.6. The topological polar surface area (TPSA) is 390 Å². The molecular weight excluding hydrogens is 1150 g/mol. The van der Waals surface area contributed by atoms with Gasteiger partial charge in [-0.05, 0) is 66.8 Å². The summed E-state index contributed by atoms with van der Waals surface area (Å²) in [5.41, 5.74) is 2.50. The van der Waals surface area contributed by atoms with Gasteiger partial charge in [0.2, 0.25) is 17.6 Å². The van der Waals surface area contributed by atoms with Crippen LogP contribution in [0.3, 0.4) is 0 Å². The zero-order valence-corrected chi connectivity index (χ0v) is 50.6. The molecule has 5 rings (SSSR count). The molecule has 30 heteroatoms. The fraction of sp³-hybridized carbons (Fsp3) is 0.621. The molecule has 3 heterocycles. The van der Waals surface area contributed by atoms with Crippen LogP contribution in [0.4, 0.5) is 4.79 Å². The van der Waals surface area contributed by atoms with Crippen LogP contribution in [0.2, 0.25) is 0 Å². The average molecular weight is 1240 g/mol. The number of aromatic nitrogens is 3. The van der Waals surface area contributed by atoms with Crippen molar-refractivity contribution in [1.82, 2.24) is 60.5 Å². The molecule has 30 nitrogen and oxygen atoms in total. The summed E-state index contributed by atoms with van der Waals surface area (Å²) in [6.07, 6.45) is 2.43. The number of aromatic hydroxyl groups is 2. The van der Waals surface area contributed by atoms with Gasteiger partial charge in [-0.2, -0.15) is 0 Å². The highest BCUT2D eigenvalue weighted by Gasteiger charge is 2.30. The van der Waals surface area contributed by atoms with Crippen LogP contribution >= 0.6 is 0 Å². The normalized spacial score (nSPS) is 15.7. The molecule has 0 bridgehead atoms. The van der Waals surface area contributed by atoms with Gasteiger partial charge >= 0.3 is 29.9 Å². The Bertz CT molecular complexity index is 2690. The van der Waals surface area contributed by atoms with Gasteiger partial charge in [0, 0.05) is 117 Å². The largest absolute Gasteiger partial charge is 0.508 e. The highest BCUT2D eigenvalue weighted by atomic mass is 16.6. The monoisotopic (exact) mass is 1240 g/mol. The minimum atomic E-state index is -1.19. The maximum absolute atomic E-state index is 13.7. The number of likely N-dealkylation sites (tertiary alicyclic amines) is 1. The maximum Gasteiger partial charge on any atom is 0.320 e. The van der Waals surface area contributed by atoms with Crippen molar-refractivity contribution in [3.8, 4) is 28.6 Å². The number of carboxylic acid groups (broad SMARTS) is 4. The summed E-state index contributed by atoms with van der Waals surface area (Å²) in [5.74, 6) is -5.24. The molecule has 2 fully saturated rings. The third kappa shape index (κ3) is 25.3. The van der Waals surface area contributed by atoms with E-state index in [1.165, 1.54) is 6.07 Å². The number of nitrogens with zero attached hydrogens (tertiary/aromatic N) is 8. The van der Waals surface area contributed by atoms with Crippen molar-refractivity contribution in [2.24, 2.45) is 5.92 Å². The number of carboxylic acids is 4. The molecule has 2 saturated heterocycles. The van der Waals surface area contributed by atoms with Gasteiger partial charge in [0.25, 0.3) is 5.91 Å². The number of benzene rings is 2. The van der Waals surface area contributed by atoms with Crippen molar-refractivity contribution in [3.63, 3.8) is 0 Å². The molecule has 0 saturated carbocycles. The molecule has 3 aromatic rings. The number of phenolic OH excluding ortho intramolecular Hbond substituents is 2. The predicted octanol–water partition coefficient (Wildman–Crippen LogP) is 0.190. The van der Waals surface area contributed by atoms with Crippen molar-refractivity contribution < 1.29 is 87.9 Å². The van der Waals surface area contributed by atoms with E-state index >= 15 is 0 Å². The van der Waals surface area contributed by atoms with E-state index in [1.807, 2.05) is 43.0 Å². The van der Waals surface area contributed by atoms with Gasteiger partial charge in [0.05, 0.1) is 78.1 Å². The predicted molar refractivity (Wildman–Crippen MR) is 317 cm³/mol. The van der Waals surface area contributed by atoms with Crippen LogP contribution in [0.1, 0.15) is 74.1 Å².